The van der Waals surface area contributed by atoms with Crippen LogP contribution in [0.15, 0.2) is 36.0 Å². The maximum absolute atomic E-state index is 10.3. The fraction of sp³-hybridized carbons (Fsp3) is 0.200. The van der Waals surface area contributed by atoms with Crippen LogP contribution in [0.3, 0.4) is 0 Å². The standard InChI is InChI=1S/C10H11NO/c1-9(8-12)11(2)10-6-4-3-5-7-10/h3-7H,1-2H3. The van der Waals surface area contributed by atoms with Crippen molar-refractivity contribution in [1.82, 2.24) is 0 Å². The Bertz CT molecular complexity index is 299. The molecule has 62 valence electrons. The second-order valence-electron chi connectivity index (χ2n) is 2.58. The number of hydrogen-bond acceptors (Lipinski definition) is 2. The van der Waals surface area contributed by atoms with E-state index in [0.717, 1.165) is 5.69 Å². The van der Waals surface area contributed by atoms with Crippen LogP contribution in [-0.2, 0) is 4.79 Å². The summed E-state index contributed by atoms with van der Waals surface area (Å²) in [5.41, 5.74) is 1.58. The lowest BCUT2D eigenvalue weighted by molar-refractivity contribution is 0.566. The lowest BCUT2D eigenvalue weighted by Crippen LogP contribution is -2.14. The number of hydrogen-bond donors (Lipinski definition) is 0. The number of benzene rings is 1. The third kappa shape index (κ3) is 1.74. The SMILES string of the molecule is CC(=C=O)N(C)c1ccccc1. The van der Waals surface area contributed by atoms with Crippen molar-refractivity contribution in [2.45, 2.75) is 6.92 Å². The first kappa shape index (κ1) is 8.57. The van der Waals surface area contributed by atoms with E-state index < -0.39 is 0 Å². The van der Waals surface area contributed by atoms with Gasteiger partial charge in [0.2, 0.25) is 0 Å². The van der Waals surface area contributed by atoms with E-state index in [-0.39, 0.29) is 0 Å². The van der Waals surface area contributed by atoms with Gasteiger partial charge in [0.25, 0.3) is 0 Å². The second-order valence-corrected chi connectivity index (χ2v) is 2.58. The molecule has 0 unspecified atom stereocenters. The number of nitrogens with zero attached hydrogens (tertiary/aromatic N) is 1. The van der Waals surface area contributed by atoms with Crippen molar-refractivity contribution < 1.29 is 4.79 Å². The minimum Gasteiger partial charge on any atom is -0.339 e. The van der Waals surface area contributed by atoms with E-state index in [1.165, 1.54) is 0 Å². The third-order valence-electron chi connectivity index (χ3n) is 1.79. The molecule has 1 aromatic rings. The van der Waals surface area contributed by atoms with Crippen molar-refractivity contribution >= 4 is 11.6 Å². The van der Waals surface area contributed by atoms with E-state index in [2.05, 4.69) is 0 Å². The Hall–Kier alpha value is -1.53. The molecule has 0 bridgehead atoms. The summed E-state index contributed by atoms with van der Waals surface area (Å²) in [5, 5.41) is 0. The average molecular weight is 161 g/mol. The van der Waals surface area contributed by atoms with Crippen LogP contribution in [-0.4, -0.2) is 13.0 Å². The van der Waals surface area contributed by atoms with Gasteiger partial charge < -0.3 is 4.90 Å². The minimum absolute atomic E-state index is 0.584. The van der Waals surface area contributed by atoms with Gasteiger partial charge in [-0.2, -0.15) is 0 Å². The molecule has 0 aromatic heterocycles. The van der Waals surface area contributed by atoms with Crippen LogP contribution in [0, 0.1) is 0 Å². The minimum atomic E-state index is 0.584. The molecule has 0 radical (unpaired) electrons. The van der Waals surface area contributed by atoms with E-state index in [9.17, 15) is 4.79 Å². The van der Waals surface area contributed by atoms with Gasteiger partial charge in [-0.3, -0.25) is 0 Å². The molecule has 0 fully saturated rings. The topological polar surface area (TPSA) is 20.3 Å². The Balaban J connectivity index is 2.93. The lowest BCUT2D eigenvalue weighted by atomic mass is 10.3. The summed E-state index contributed by atoms with van der Waals surface area (Å²) in [6.45, 7) is 1.74. The maximum Gasteiger partial charge on any atom is 0.145 e. The zero-order valence-corrected chi connectivity index (χ0v) is 7.24. The number of para-hydroxylation sites is 1. The summed E-state index contributed by atoms with van der Waals surface area (Å²) in [6.07, 6.45) is 0. The average Bonchev–Trinajstić information content (AvgIpc) is 2.17. The van der Waals surface area contributed by atoms with Crippen LogP contribution in [0.25, 0.3) is 0 Å². The Morgan fingerprint density at radius 3 is 2.42 bits per heavy atom. The first-order chi connectivity index (χ1) is 5.75. The van der Waals surface area contributed by atoms with Crippen LogP contribution in [0.5, 0.6) is 0 Å². The molecule has 0 atom stereocenters. The van der Waals surface area contributed by atoms with E-state index in [1.54, 1.807) is 11.8 Å². The Morgan fingerprint density at radius 2 is 1.92 bits per heavy atom. The zero-order chi connectivity index (χ0) is 8.97. The largest absolute Gasteiger partial charge is 0.339 e. The van der Waals surface area contributed by atoms with E-state index >= 15 is 0 Å². The van der Waals surface area contributed by atoms with Gasteiger partial charge in [-0.25, -0.2) is 4.79 Å². The fourth-order valence-electron chi connectivity index (χ4n) is 0.914. The molecule has 0 saturated heterocycles. The molecule has 0 heterocycles. The number of rotatable bonds is 2. The Kier molecular flexibility index (Phi) is 2.67. The van der Waals surface area contributed by atoms with Crippen molar-refractivity contribution in [2.75, 3.05) is 11.9 Å². The summed E-state index contributed by atoms with van der Waals surface area (Å²) in [7, 11) is 1.84. The molecule has 2 heteroatoms. The van der Waals surface area contributed by atoms with Crippen LogP contribution >= 0.6 is 0 Å². The summed E-state index contributed by atoms with van der Waals surface area (Å²) >= 11 is 0. The number of anilines is 1. The molecular weight excluding hydrogens is 150 g/mol. The maximum atomic E-state index is 10.3. The van der Waals surface area contributed by atoms with Crippen LogP contribution in [0.1, 0.15) is 6.92 Å². The summed E-state index contributed by atoms with van der Waals surface area (Å²) < 4.78 is 0. The van der Waals surface area contributed by atoms with Gasteiger partial charge in [-0.15, -0.1) is 0 Å². The van der Waals surface area contributed by atoms with Crippen molar-refractivity contribution in [1.29, 1.82) is 0 Å². The molecule has 2 nitrogen and oxygen atoms in total. The molecule has 1 rings (SSSR count). The van der Waals surface area contributed by atoms with Gasteiger partial charge in [-0.1, -0.05) is 18.2 Å². The molecule has 0 N–H and O–H groups in total. The van der Waals surface area contributed by atoms with Gasteiger partial charge >= 0.3 is 0 Å². The molecular formula is C10H11NO. The van der Waals surface area contributed by atoms with Gasteiger partial charge in [0, 0.05) is 12.7 Å². The van der Waals surface area contributed by atoms with Gasteiger partial charge in [0.1, 0.15) is 5.94 Å². The monoisotopic (exact) mass is 161 g/mol. The van der Waals surface area contributed by atoms with Gasteiger partial charge in [-0.05, 0) is 19.1 Å². The number of carbonyl (C=O) groups excluding carboxylic acids is 1. The molecule has 0 amide bonds. The van der Waals surface area contributed by atoms with Crippen molar-refractivity contribution in [3.8, 4) is 0 Å². The van der Waals surface area contributed by atoms with Crippen LogP contribution in [0.2, 0.25) is 0 Å². The predicted octanol–water partition coefficient (Wildman–Crippen LogP) is 1.86. The van der Waals surface area contributed by atoms with Crippen molar-refractivity contribution in [2.24, 2.45) is 0 Å². The van der Waals surface area contributed by atoms with E-state index in [1.807, 2.05) is 43.3 Å². The molecule has 1 aromatic carbocycles. The number of allylic oxidation sites excluding steroid dienone is 1. The van der Waals surface area contributed by atoms with E-state index in [4.69, 9.17) is 0 Å². The van der Waals surface area contributed by atoms with Crippen LogP contribution < -0.4 is 4.90 Å². The highest BCUT2D eigenvalue weighted by Gasteiger charge is 2.00. The van der Waals surface area contributed by atoms with E-state index in [0.29, 0.717) is 5.70 Å². The Labute approximate surface area is 72.1 Å². The quantitative estimate of drug-likeness (QED) is 0.617. The third-order valence-corrected chi connectivity index (χ3v) is 1.79. The zero-order valence-electron chi connectivity index (χ0n) is 7.24. The predicted molar refractivity (Wildman–Crippen MR) is 49.7 cm³/mol. The highest BCUT2D eigenvalue weighted by Crippen LogP contribution is 2.13. The molecule has 0 aliphatic heterocycles. The molecule has 0 aliphatic carbocycles. The molecule has 0 spiro atoms. The lowest BCUT2D eigenvalue weighted by Gasteiger charge is -2.16. The van der Waals surface area contributed by atoms with Crippen molar-refractivity contribution in [3.05, 3.63) is 36.0 Å². The van der Waals surface area contributed by atoms with Crippen LogP contribution in [0.4, 0.5) is 5.69 Å². The molecule has 0 aliphatic rings. The Morgan fingerprint density at radius 1 is 1.33 bits per heavy atom. The second kappa shape index (κ2) is 3.74. The van der Waals surface area contributed by atoms with Gasteiger partial charge in [0.15, 0.2) is 0 Å². The smallest absolute Gasteiger partial charge is 0.145 e. The first-order valence-electron chi connectivity index (χ1n) is 3.76. The summed E-state index contributed by atoms with van der Waals surface area (Å²) in [4.78, 5) is 12.1. The summed E-state index contributed by atoms with van der Waals surface area (Å²) in [6, 6.07) is 9.70. The first-order valence-corrected chi connectivity index (χ1v) is 3.76. The fourth-order valence-corrected chi connectivity index (χ4v) is 0.914. The normalized spacial score (nSPS) is 8.83. The molecule has 12 heavy (non-hydrogen) atoms. The highest BCUT2D eigenvalue weighted by atomic mass is 16.1. The van der Waals surface area contributed by atoms with Gasteiger partial charge in [0.05, 0.1) is 5.70 Å². The molecule has 0 saturated carbocycles. The van der Waals surface area contributed by atoms with Crippen molar-refractivity contribution in [3.63, 3.8) is 0 Å². The highest BCUT2D eigenvalue weighted by molar-refractivity contribution is 5.62. The summed E-state index contributed by atoms with van der Waals surface area (Å²) in [5.74, 6) is 1.86.